The minimum Gasteiger partial charge on any atom is -0.267 e. The summed E-state index contributed by atoms with van der Waals surface area (Å²) in [6.07, 6.45) is 0. The molecule has 4 aromatic rings. The van der Waals surface area contributed by atoms with Gasteiger partial charge in [0, 0.05) is 0 Å². The number of carbonyl (C=O) groups excluding carboxylic acids is 2. The van der Waals surface area contributed by atoms with Gasteiger partial charge in [-0.1, -0.05) is 40.6 Å². The van der Waals surface area contributed by atoms with E-state index in [4.69, 9.17) is 23.2 Å². The fraction of sp³-hybridized carbons (Fsp3) is 0. The molecule has 1 aliphatic heterocycles. The van der Waals surface area contributed by atoms with Crippen molar-refractivity contribution in [1.29, 1.82) is 0 Å². The second-order valence-corrected chi connectivity index (χ2v) is 8.50. The number of aromatic nitrogens is 3. The van der Waals surface area contributed by atoms with E-state index in [-0.39, 0.29) is 26.2 Å². The lowest BCUT2D eigenvalue weighted by atomic mass is 10.3. The minimum absolute atomic E-state index is 0.0707. The molecule has 0 saturated heterocycles. The van der Waals surface area contributed by atoms with Crippen molar-refractivity contribution in [3.63, 3.8) is 0 Å². The molecule has 5 rings (SSSR count). The van der Waals surface area contributed by atoms with Crippen molar-refractivity contribution in [2.24, 2.45) is 0 Å². The third-order valence-corrected chi connectivity index (χ3v) is 6.75. The first-order valence-corrected chi connectivity index (χ1v) is 10.2. The van der Waals surface area contributed by atoms with Gasteiger partial charge >= 0.3 is 5.56 Å². The first-order chi connectivity index (χ1) is 13.5. The van der Waals surface area contributed by atoms with Gasteiger partial charge in [0.05, 0.1) is 20.6 Å². The molecule has 0 radical (unpaired) electrons. The normalized spacial score (nSPS) is 13.6. The van der Waals surface area contributed by atoms with E-state index in [0.717, 1.165) is 16.2 Å². The summed E-state index contributed by atoms with van der Waals surface area (Å²) >= 11 is 14.2. The topological polar surface area (TPSA) is 84.6 Å². The van der Waals surface area contributed by atoms with Crippen molar-refractivity contribution in [2.75, 3.05) is 4.90 Å². The molecule has 0 unspecified atom stereocenters. The standard InChI is InChI=1S/C17H6Cl2N4O3S2/c18-8-4-3-7(6-9(8)19)22-15(25)12-13(16(22)26)28-17-20-14(24)11(21-23(12)17)10-2-1-5-27-10/h1-6H. The van der Waals surface area contributed by atoms with Crippen LogP contribution in [-0.2, 0) is 0 Å². The summed E-state index contributed by atoms with van der Waals surface area (Å²) in [4.78, 5) is 44.2. The van der Waals surface area contributed by atoms with E-state index in [1.165, 1.54) is 34.1 Å². The van der Waals surface area contributed by atoms with E-state index in [9.17, 15) is 14.4 Å². The summed E-state index contributed by atoms with van der Waals surface area (Å²) in [5.74, 6) is -1.10. The Labute approximate surface area is 174 Å². The Hall–Kier alpha value is -2.59. The van der Waals surface area contributed by atoms with E-state index in [1.54, 1.807) is 12.1 Å². The molecule has 7 nitrogen and oxygen atoms in total. The number of anilines is 1. The van der Waals surface area contributed by atoms with Gasteiger partial charge in [0.15, 0.2) is 11.4 Å². The number of imide groups is 1. The number of rotatable bonds is 2. The number of benzene rings is 1. The molecule has 0 aliphatic carbocycles. The van der Waals surface area contributed by atoms with E-state index >= 15 is 0 Å². The van der Waals surface area contributed by atoms with Gasteiger partial charge in [-0.25, -0.2) is 4.90 Å². The summed E-state index contributed by atoms with van der Waals surface area (Å²) in [6.45, 7) is 0. The Bertz CT molecular complexity index is 1360. The number of hydrogen-bond acceptors (Lipinski definition) is 7. The lowest BCUT2D eigenvalue weighted by Crippen LogP contribution is -2.30. The van der Waals surface area contributed by atoms with E-state index in [0.29, 0.717) is 15.6 Å². The third-order valence-electron chi connectivity index (χ3n) is 4.12. The van der Waals surface area contributed by atoms with Gasteiger partial charge in [0.25, 0.3) is 11.8 Å². The molecule has 138 valence electrons. The molecule has 28 heavy (non-hydrogen) atoms. The molecule has 1 aromatic carbocycles. The van der Waals surface area contributed by atoms with Crippen LogP contribution in [-0.4, -0.2) is 26.4 Å². The quantitative estimate of drug-likeness (QED) is 0.432. The fourth-order valence-corrected chi connectivity index (χ4v) is 4.85. The lowest BCUT2D eigenvalue weighted by molar-refractivity contribution is 0.0924. The third kappa shape index (κ3) is 2.44. The predicted octanol–water partition coefficient (Wildman–Crippen LogP) is 3.99. The fourth-order valence-electron chi connectivity index (χ4n) is 2.88. The van der Waals surface area contributed by atoms with Crippen LogP contribution in [0.25, 0.3) is 15.5 Å². The lowest BCUT2D eigenvalue weighted by Gasteiger charge is -2.14. The van der Waals surface area contributed by atoms with Crippen molar-refractivity contribution in [3.05, 3.63) is 66.7 Å². The highest BCUT2D eigenvalue weighted by atomic mass is 35.5. The van der Waals surface area contributed by atoms with Gasteiger partial charge < -0.3 is 0 Å². The van der Waals surface area contributed by atoms with Crippen LogP contribution in [0.15, 0.2) is 40.5 Å². The van der Waals surface area contributed by atoms with Gasteiger partial charge in [-0.2, -0.15) is 14.6 Å². The maximum atomic E-state index is 13.0. The number of hydrogen-bond donors (Lipinski definition) is 0. The van der Waals surface area contributed by atoms with Gasteiger partial charge in [-0.15, -0.1) is 11.3 Å². The summed E-state index contributed by atoms with van der Waals surface area (Å²) in [5.41, 5.74) is -0.0141. The highest BCUT2D eigenvalue weighted by Crippen LogP contribution is 2.35. The molecule has 1 aliphatic rings. The number of amides is 2. The van der Waals surface area contributed by atoms with Crippen molar-refractivity contribution >= 4 is 68.3 Å². The Morgan fingerprint density at radius 3 is 2.54 bits per heavy atom. The molecule has 0 N–H and O–H groups in total. The second-order valence-electron chi connectivity index (χ2n) is 5.76. The number of thiazole rings is 1. The molecule has 0 fully saturated rings. The zero-order valence-electron chi connectivity index (χ0n) is 13.6. The second kappa shape index (κ2) is 6.21. The van der Waals surface area contributed by atoms with Crippen molar-refractivity contribution in [3.8, 4) is 10.6 Å². The van der Waals surface area contributed by atoms with E-state index in [1.807, 2.05) is 5.38 Å². The van der Waals surface area contributed by atoms with E-state index < -0.39 is 17.4 Å². The molecule has 3 aromatic heterocycles. The maximum Gasteiger partial charge on any atom is 0.301 e. The van der Waals surface area contributed by atoms with Crippen LogP contribution in [0.5, 0.6) is 0 Å². The summed E-state index contributed by atoms with van der Waals surface area (Å²) in [7, 11) is 0. The average Bonchev–Trinajstić information content (AvgIpc) is 3.35. The van der Waals surface area contributed by atoms with Crippen LogP contribution in [0.1, 0.15) is 20.2 Å². The molecule has 2 amide bonds. The molecular weight excluding hydrogens is 443 g/mol. The number of nitrogens with zero attached hydrogens (tertiary/aromatic N) is 4. The number of thiophene rings is 1. The Balaban J connectivity index is 1.69. The largest absolute Gasteiger partial charge is 0.301 e. The van der Waals surface area contributed by atoms with Gasteiger partial charge in [-0.05, 0) is 29.6 Å². The highest BCUT2D eigenvalue weighted by Gasteiger charge is 2.42. The smallest absolute Gasteiger partial charge is 0.267 e. The molecule has 0 atom stereocenters. The molecule has 4 heterocycles. The molecular formula is C17H6Cl2N4O3S2. The van der Waals surface area contributed by atoms with Crippen molar-refractivity contribution < 1.29 is 9.59 Å². The Morgan fingerprint density at radius 1 is 1.00 bits per heavy atom. The van der Waals surface area contributed by atoms with Gasteiger partial charge in [-0.3, -0.25) is 14.4 Å². The Kier molecular flexibility index (Phi) is 3.88. The van der Waals surface area contributed by atoms with Crippen LogP contribution in [0.4, 0.5) is 5.69 Å². The molecule has 0 bridgehead atoms. The van der Waals surface area contributed by atoms with Crippen molar-refractivity contribution in [2.45, 2.75) is 0 Å². The minimum atomic E-state index is -0.570. The first-order valence-electron chi connectivity index (χ1n) is 7.77. The number of fused-ring (bicyclic) bond motifs is 3. The highest BCUT2D eigenvalue weighted by molar-refractivity contribution is 7.19. The Morgan fingerprint density at radius 2 is 1.82 bits per heavy atom. The van der Waals surface area contributed by atoms with Crippen LogP contribution < -0.4 is 10.5 Å². The van der Waals surface area contributed by atoms with Crippen molar-refractivity contribution in [1.82, 2.24) is 14.6 Å². The SMILES string of the molecule is O=C1c2sc3nc(=O)c(-c4cccs4)nn3c2C(=O)N1c1ccc(Cl)c(Cl)c1. The van der Waals surface area contributed by atoms with Crippen LogP contribution in [0.2, 0.25) is 10.0 Å². The summed E-state index contributed by atoms with van der Waals surface area (Å²) in [5, 5.41) is 6.66. The summed E-state index contributed by atoms with van der Waals surface area (Å²) in [6, 6.07) is 8.02. The first kappa shape index (κ1) is 17.5. The van der Waals surface area contributed by atoms with Gasteiger partial charge in [0.1, 0.15) is 4.88 Å². The average molecular weight is 449 g/mol. The maximum absolute atomic E-state index is 13.0. The zero-order chi connectivity index (χ0) is 19.6. The number of carbonyl (C=O) groups is 2. The predicted molar refractivity (Wildman–Crippen MR) is 108 cm³/mol. The molecule has 11 heteroatoms. The molecule has 0 spiro atoms. The monoisotopic (exact) mass is 448 g/mol. The van der Waals surface area contributed by atoms with Crippen LogP contribution in [0.3, 0.4) is 0 Å². The van der Waals surface area contributed by atoms with Gasteiger partial charge in [0.2, 0.25) is 4.96 Å². The number of halogens is 2. The van der Waals surface area contributed by atoms with Crippen LogP contribution >= 0.6 is 45.9 Å². The summed E-state index contributed by atoms with van der Waals surface area (Å²) < 4.78 is 1.26. The molecule has 0 saturated carbocycles. The van der Waals surface area contributed by atoms with Crippen LogP contribution in [0, 0.1) is 0 Å². The van der Waals surface area contributed by atoms with E-state index in [2.05, 4.69) is 10.1 Å². The zero-order valence-corrected chi connectivity index (χ0v) is 16.7.